The standard InChI is InChI=1S/C22H20Br2N2O4S/c1-3-30-22(28)18-14-6-4-5-7-17(14)31-21(18)26-20(27)13(11-25)8-12-9-15(23)19(29-2)16(24)10-12/h8-10H,3-7H2,1-2H3,(H,26,27)/b13-8+. The quantitative estimate of drug-likeness (QED) is 0.267. The molecule has 6 nitrogen and oxygen atoms in total. The summed E-state index contributed by atoms with van der Waals surface area (Å²) in [5.41, 5.74) is 1.94. The number of hydrogen-bond donors (Lipinski definition) is 1. The molecule has 0 saturated heterocycles. The molecule has 1 amide bonds. The average Bonchev–Trinajstić information content (AvgIpc) is 3.09. The first-order valence-corrected chi connectivity index (χ1v) is 12.1. The Hall–Kier alpha value is -2.15. The Balaban J connectivity index is 1.93. The van der Waals surface area contributed by atoms with Gasteiger partial charge in [0.05, 0.1) is 28.2 Å². The van der Waals surface area contributed by atoms with Gasteiger partial charge in [0, 0.05) is 4.88 Å². The Labute approximate surface area is 201 Å². The number of hydrogen-bond acceptors (Lipinski definition) is 6. The minimum Gasteiger partial charge on any atom is -0.494 e. The molecule has 31 heavy (non-hydrogen) atoms. The van der Waals surface area contributed by atoms with Crippen molar-refractivity contribution >= 4 is 66.2 Å². The number of esters is 1. The molecule has 0 radical (unpaired) electrons. The Kier molecular flexibility index (Phi) is 7.92. The molecule has 1 aliphatic carbocycles. The third kappa shape index (κ3) is 5.20. The van der Waals surface area contributed by atoms with Gasteiger partial charge in [0.2, 0.25) is 0 Å². The molecule has 0 unspecified atom stereocenters. The molecular weight excluding hydrogens is 548 g/mol. The Morgan fingerprint density at radius 3 is 2.55 bits per heavy atom. The van der Waals surface area contributed by atoms with Crippen LogP contribution >= 0.6 is 43.2 Å². The summed E-state index contributed by atoms with van der Waals surface area (Å²) in [6, 6.07) is 5.45. The largest absolute Gasteiger partial charge is 0.494 e. The van der Waals surface area contributed by atoms with E-state index in [-0.39, 0.29) is 12.2 Å². The van der Waals surface area contributed by atoms with Crippen molar-refractivity contribution in [2.24, 2.45) is 0 Å². The van der Waals surface area contributed by atoms with E-state index in [0.717, 1.165) is 36.1 Å². The number of benzene rings is 1. The molecular formula is C22H20Br2N2O4S. The third-order valence-electron chi connectivity index (χ3n) is 4.78. The molecule has 162 valence electrons. The highest BCUT2D eigenvalue weighted by molar-refractivity contribution is 9.11. The maximum Gasteiger partial charge on any atom is 0.341 e. The lowest BCUT2D eigenvalue weighted by Gasteiger charge is -2.12. The first kappa shape index (κ1) is 23.5. The van der Waals surface area contributed by atoms with Gasteiger partial charge < -0.3 is 14.8 Å². The molecule has 9 heteroatoms. The lowest BCUT2D eigenvalue weighted by Crippen LogP contribution is -2.16. The van der Waals surface area contributed by atoms with Crippen LogP contribution in [0.5, 0.6) is 5.75 Å². The number of ether oxygens (including phenoxy) is 2. The second-order valence-electron chi connectivity index (χ2n) is 6.78. The van der Waals surface area contributed by atoms with Crippen molar-refractivity contribution in [2.45, 2.75) is 32.6 Å². The van der Waals surface area contributed by atoms with E-state index >= 15 is 0 Å². The van der Waals surface area contributed by atoms with E-state index in [1.54, 1.807) is 26.2 Å². The number of carbonyl (C=O) groups is 2. The van der Waals surface area contributed by atoms with Gasteiger partial charge in [-0.05, 0) is 93.8 Å². The number of anilines is 1. The zero-order chi connectivity index (χ0) is 22.5. The number of fused-ring (bicyclic) bond motifs is 1. The lowest BCUT2D eigenvalue weighted by molar-refractivity contribution is -0.112. The summed E-state index contributed by atoms with van der Waals surface area (Å²) in [5.74, 6) is -0.402. The van der Waals surface area contributed by atoms with Crippen molar-refractivity contribution in [2.75, 3.05) is 19.0 Å². The maximum atomic E-state index is 12.9. The maximum absolute atomic E-state index is 12.9. The van der Waals surface area contributed by atoms with Crippen molar-refractivity contribution < 1.29 is 19.1 Å². The number of amides is 1. The monoisotopic (exact) mass is 566 g/mol. The van der Waals surface area contributed by atoms with Crippen LogP contribution in [0.25, 0.3) is 6.08 Å². The van der Waals surface area contributed by atoms with Gasteiger partial charge in [0.25, 0.3) is 5.91 Å². The van der Waals surface area contributed by atoms with Gasteiger partial charge in [0.15, 0.2) is 0 Å². The van der Waals surface area contributed by atoms with Gasteiger partial charge in [-0.15, -0.1) is 11.3 Å². The number of nitriles is 1. The molecule has 1 heterocycles. The Bertz CT molecular complexity index is 1080. The smallest absolute Gasteiger partial charge is 0.341 e. The molecule has 0 bridgehead atoms. The van der Waals surface area contributed by atoms with Gasteiger partial charge in [-0.25, -0.2) is 4.79 Å². The molecule has 3 rings (SSSR count). The molecule has 0 atom stereocenters. The Morgan fingerprint density at radius 2 is 1.94 bits per heavy atom. The van der Waals surface area contributed by atoms with Gasteiger partial charge in [-0.2, -0.15) is 5.26 Å². The summed E-state index contributed by atoms with van der Waals surface area (Å²) >= 11 is 8.22. The van der Waals surface area contributed by atoms with Crippen molar-refractivity contribution in [1.82, 2.24) is 0 Å². The van der Waals surface area contributed by atoms with Crippen LogP contribution < -0.4 is 10.1 Å². The summed E-state index contributed by atoms with van der Waals surface area (Å²) < 4.78 is 11.9. The molecule has 1 N–H and O–H groups in total. The van der Waals surface area contributed by atoms with Crippen LogP contribution in [0.2, 0.25) is 0 Å². The summed E-state index contributed by atoms with van der Waals surface area (Å²) in [6.07, 6.45) is 5.19. The molecule has 1 aliphatic rings. The fraction of sp³-hybridized carbons (Fsp3) is 0.318. The second kappa shape index (κ2) is 10.4. The van der Waals surface area contributed by atoms with Crippen molar-refractivity contribution in [3.05, 3.63) is 48.2 Å². The van der Waals surface area contributed by atoms with E-state index in [9.17, 15) is 14.9 Å². The summed E-state index contributed by atoms with van der Waals surface area (Å²) in [5, 5.41) is 12.8. The van der Waals surface area contributed by atoms with Crippen LogP contribution in [0.1, 0.15) is 46.1 Å². The normalized spacial score (nSPS) is 13.2. The fourth-order valence-electron chi connectivity index (χ4n) is 3.42. The van der Waals surface area contributed by atoms with E-state index in [2.05, 4.69) is 37.2 Å². The molecule has 0 fully saturated rings. The van der Waals surface area contributed by atoms with E-state index in [0.29, 0.717) is 30.8 Å². The van der Waals surface area contributed by atoms with Crippen LogP contribution in [0.4, 0.5) is 5.00 Å². The predicted octanol–water partition coefficient (Wildman–Crippen LogP) is 5.88. The second-order valence-corrected chi connectivity index (χ2v) is 9.59. The molecule has 1 aromatic carbocycles. The van der Waals surface area contributed by atoms with Gasteiger partial charge in [0.1, 0.15) is 22.4 Å². The van der Waals surface area contributed by atoms with E-state index in [4.69, 9.17) is 9.47 Å². The van der Waals surface area contributed by atoms with Crippen LogP contribution in [0.3, 0.4) is 0 Å². The molecule has 2 aromatic rings. The van der Waals surface area contributed by atoms with E-state index < -0.39 is 11.9 Å². The number of aryl methyl sites for hydroxylation is 1. The van der Waals surface area contributed by atoms with Crippen LogP contribution in [0, 0.1) is 11.3 Å². The number of nitrogens with one attached hydrogen (secondary N) is 1. The van der Waals surface area contributed by atoms with Crippen molar-refractivity contribution in [3.63, 3.8) is 0 Å². The highest BCUT2D eigenvalue weighted by atomic mass is 79.9. The number of nitrogens with zero attached hydrogens (tertiary/aromatic N) is 1. The highest BCUT2D eigenvalue weighted by Crippen LogP contribution is 2.39. The van der Waals surface area contributed by atoms with Gasteiger partial charge >= 0.3 is 5.97 Å². The fourth-order valence-corrected chi connectivity index (χ4v) is 6.23. The first-order valence-electron chi connectivity index (χ1n) is 9.67. The first-order chi connectivity index (χ1) is 14.9. The highest BCUT2D eigenvalue weighted by Gasteiger charge is 2.27. The van der Waals surface area contributed by atoms with Gasteiger partial charge in [-0.1, -0.05) is 0 Å². The zero-order valence-electron chi connectivity index (χ0n) is 17.0. The summed E-state index contributed by atoms with van der Waals surface area (Å²) in [7, 11) is 1.55. The number of methoxy groups -OCH3 is 1. The molecule has 0 saturated carbocycles. The zero-order valence-corrected chi connectivity index (χ0v) is 21.0. The average molecular weight is 568 g/mol. The minimum atomic E-state index is -0.574. The molecule has 1 aromatic heterocycles. The number of rotatable bonds is 6. The van der Waals surface area contributed by atoms with E-state index in [1.165, 1.54) is 17.4 Å². The van der Waals surface area contributed by atoms with Crippen molar-refractivity contribution in [3.8, 4) is 11.8 Å². The summed E-state index contributed by atoms with van der Waals surface area (Å²) in [6.45, 7) is 2.00. The van der Waals surface area contributed by atoms with Crippen LogP contribution in [-0.2, 0) is 22.4 Å². The van der Waals surface area contributed by atoms with Gasteiger partial charge in [-0.3, -0.25) is 4.79 Å². The molecule has 0 spiro atoms. The minimum absolute atomic E-state index is 0.0786. The topological polar surface area (TPSA) is 88.4 Å². The SMILES string of the molecule is CCOC(=O)c1c(NC(=O)/C(C#N)=C/c2cc(Br)c(OC)c(Br)c2)sc2c1CCCC2. The predicted molar refractivity (Wildman–Crippen MR) is 128 cm³/mol. The Morgan fingerprint density at radius 1 is 1.26 bits per heavy atom. The summed E-state index contributed by atoms with van der Waals surface area (Å²) in [4.78, 5) is 26.6. The number of carbonyl (C=O) groups excluding carboxylic acids is 2. The van der Waals surface area contributed by atoms with E-state index in [1.807, 2.05) is 6.07 Å². The van der Waals surface area contributed by atoms with Crippen molar-refractivity contribution in [1.29, 1.82) is 5.26 Å². The number of halogens is 2. The van der Waals surface area contributed by atoms with Crippen LogP contribution in [-0.4, -0.2) is 25.6 Å². The lowest BCUT2D eigenvalue weighted by atomic mass is 9.95. The molecule has 0 aliphatic heterocycles. The van der Waals surface area contributed by atoms with Crippen LogP contribution in [0.15, 0.2) is 26.7 Å². The number of thiophene rings is 1. The third-order valence-corrected chi connectivity index (χ3v) is 7.16.